The van der Waals surface area contributed by atoms with Gasteiger partial charge in [0.1, 0.15) is 12.4 Å². The Labute approximate surface area is 109 Å². The highest BCUT2D eigenvalue weighted by atomic mass is 35.5. The number of halogens is 1. The Morgan fingerprint density at radius 2 is 2.17 bits per heavy atom. The molecule has 0 unspecified atom stereocenters. The first-order valence-corrected chi connectivity index (χ1v) is 5.67. The van der Waals surface area contributed by atoms with Crippen LogP contribution < -0.4 is 5.73 Å². The van der Waals surface area contributed by atoms with Gasteiger partial charge in [-0.1, -0.05) is 11.6 Å². The third kappa shape index (κ3) is 2.55. The van der Waals surface area contributed by atoms with Crippen molar-refractivity contribution in [3.63, 3.8) is 0 Å². The Bertz CT molecular complexity index is 577. The Morgan fingerprint density at radius 1 is 1.39 bits per heavy atom. The lowest BCUT2D eigenvalue weighted by atomic mass is 10.1. The van der Waals surface area contributed by atoms with Gasteiger partial charge in [-0.15, -0.1) is 0 Å². The summed E-state index contributed by atoms with van der Waals surface area (Å²) in [4.78, 5) is 12.2. The first-order valence-electron chi connectivity index (χ1n) is 5.29. The molecule has 0 radical (unpaired) electrons. The fourth-order valence-corrected chi connectivity index (χ4v) is 1.75. The second-order valence-corrected chi connectivity index (χ2v) is 4.20. The van der Waals surface area contributed by atoms with E-state index in [4.69, 9.17) is 26.5 Å². The van der Waals surface area contributed by atoms with Crippen LogP contribution in [0.5, 0.6) is 0 Å². The molecule has 0 aliphatic rings. The van der Waals surface area contributed by atoms with E-state index in [1.807, 2.05) is 0 Å². The van der Waals surface area contributed by atoms with Crippen molar-refractivity contribution in [3.8, 4) is 0 Å². The number of ether oxygens (including phenoxy) is 1. The number of carbonyl (C=O) groups excluding carboxylic acids is 1. The van der Waals surface area contributed by atoms with E-state index in [0.717, 1.165) is 0 Å². The number of nitrogens with two attached hydrogens (primary N) is 1. The molecule has 4 nitrogen and oxygen atoms in total. The van der Waals surface area contributed by atoms with E-state index in [1.54, 1.807) is 31.4 Å². The van der Waals surface area contributed by atoms with E-state index in [-0.39, 0.29) is 11.5 Å². The quantitative estimate of drug-likeness (QED) is 0.682. The first kappa shape index (κ1) is 12.7. The largest absolute Gasteiger partial charge is 0.455 e. The predicted octanol–water partition coefficient (Wildman–Crippen LogP) is 2.89. The molecule has 1 aromatic carbocycles. The molecule has 94 valence electrons. The highest BCUT2D eigenvalue weighted by Crippen LogP contribution is 2.22. The summed E-state index contributed by atoms with van der Waals surface area (Å²) in [5, 5.41) is 0.455. The minimum Gasteiger partial charge on any atom is -0.455 e. The smallest absolute Gasteiger partial charge is 0.230 e. The van der Waals surface area contributed by atoms with E-state index >= 15 is 0 Å². The number of methoxy groups -OCH3 is 1. The van der Waals surface area contributed by atoms with Crippen LogP contribution in [0.25, 0.3) is 0 Å². The van der Waals surface area contributed by atoms with Gasteiger partial charge < -0.3 is 14.9 Å². The van der Waals surface area contributed by atoms with E-state index in [1.165, 1.54) is 6.07 Å². The van der Waals surface area contributed by atoms with Gasteiger partial charge >= 0.3 is 0 Å². The van der Waals surface area contributed by atoms with Crippen LogP contribution >= 0.6 is 11.6 Å². The van der Waals surface area contributed by atoms with Gasteiger partial charge in [-0.05, 0) is 30.3 Å². The van der Waals surface area contributed by atoms with Crippen molar-refractivity contribution in [1.82, 2.24) is 0 Å². The van der Waals surface area contributed by atoms with Crippen molar-refractivity contribution >= 4 is 23.1 Å². The highest BCUT2D eigenvalue weighted by Gasteiger charge is 2.16. The Hall–Kier alpha value is -1.78. The summed E-state index contributed by atoms with van der Waals surface area (Å²) in [5.41, 5.74) is 6.45. The number of benzene rings is 1. The molecule has 1 heterocycles. The third-order valence-electron chi connectivity index (χ3n) is 2.43. The van der Waals surface area contributed by atoms with Crippen LogP contribution in [0, 0.1) is 0 Å². The van der Waals surface area contributed by atoms with Gasteiger partial charge in [0, 0.05) is 17.8 Å². The number of hydrogen-bond acceptors (Lipinski definition) is 4. The van der Waals surface area contributed by atoms with Gasteiger partial charge in [0.05, 0.1) is 5.56 Å². The molecule has 0 aliphatic carbocycles. The maximum Gasteiger partial charge on any atom is 0.230 e. The number of rotatable bonds is 4. The Kier molecular flexibility index (Phi) is 3.69. The lowest BCUT2D eigenvalue weighted by Crippen LogP contribution is -2.04. The average molecular weight is 266 g/mol. The molecule has 0 atom stereocenters. The number of nitrogen functional groups attached to an aromatic ring is 1. The second kappa shape index (κ2) is 5.25. The standard InChI is InChI=1S/C13H12ClNO3/c1-17-7-9-3-5-12(18-9)13(16)10-6-8(14)2-4-11(10)15/h2-6H,7,15H2,1H3. The summed E-state index contributed by atoms with van der Waals surface area (Å²) in [6.07, 6.45) is 0. The number of ketones is 1. The van der Waals surface area contributed by atoms with E-state index < -0.39 is 0 Å². The summed E-state index contributed by atoms with van der Waals surface area (Å²) in [7, 11) is 1.55. The zero-order chi connectivity index (χ0) is 13.1. The summed E-state index contributed by atoms with van der Waals surface area (Å²) in [6, 6.07) is 8.03. The number of furan rings is 1. The molecule has 1 aromatic heterocycles. The van der Waals surface area contributed by atoms with Crippen LogP contribution in [0.3, 0.4) is 0 Å². The van der Waals surface area contributed by atoms with Gasteiger partial charge in [0.2, 0.25) is 5.78 Å². The summed E-state index contributed by atoms with van der Waals surface area (Å²) >= 11 is 5.84. The lowest BCUT2D eigenvalue weighted by Gasteiger charge is -2.03. The van der Waals surface area contributed by atoms with Crippen molar-refractivity contribution in [2.24, 2.45) is 0 Å². The zero-order valence-corrected chi connectivity index (χ0v) is 10.5. The van der Waals surface area contributed by atoms with E-state index in [0.29, 0.717) is 28.6 Å². The monoisotopic (exact) mass is 265 g/mol. The molecule has 2 aromatic rings. The topological polar surface area (TPSA) is 65.5 Å². The Morgan fingerprint density at radius 3 is 2.89 bits per heavy atom. The zero-order valence-electron chi connectivity index (χ0n) is 9.77. The minimum atomic E-state index is -0.294. The molecule has 0 spiro atoms. The van der Waals surface area contributed by atoms with Crippen LogP contribution in [0.15, 0.2) is 34.7 Å². The van der Waals surface area contributed by atoms with Crippen LogP contribution in [0.1, 0.15) is 21.9 Å². The van der Waals surface area contributed by atoms with Crippen molar-refractivity contribution in [2.45, 2.75) is 6.61 Å². The van der Waals surface area contributed by atoms with Crippen molar-refractivity contribution in [1.29, 1.82) is 0 Å². The van der Waals surface area contributed by atoms with Gasteiger partial charge in [-0.3, -0.25) is 4.79 Å². The molecule has 0 bridgehead atoms. The molecule has 2 N–H and O–H groups in total. The minimum absolute atomic E-state index is 0.219. The number of anilines is 1. The normalized spacial score (nSPS) is 10.6. The maximum atomic E-state index is 12.2. The summed E-state index contributed by atoms with van der Waals surface area (Å²) < 4.78 is 10.3. The molecule has 0 saturated heterocycles. The van der Waals surface area contributed by atoms with Gasteiger partial charge in [-0.2, -0.15) is 0 Å². The fraction of sp³-hybridized carbons (Fsp3) is 0.154. The van der Waals surface area contributed by atoms with E-state index in [2.05, 4.69) is 0 Å². The molecule has 0 aliphatic heterocycles. The van der Waals surface area contributed by atoms with Gasteiger partial charge in [0.25, 0.3) is 0 Å². The molecular formula is C13H12ClNO3. The SMILES string of the molecule is COCc1ccc(C(=O)c2cc(Cl)ccc2N)o1. The molecule has 18 heavy (non-hydrogen) atoms. The molecule has 5 heteroatoms. The van der Waals surface area contributed by atoms with Crippen LogP contribution in [-0.2, 0) is 11.3 Å². The first-order chi connectivity index (χ1) is 8.61. The van der Waals surface area contributed by atoms with Crippen LogP contribution in [0.2, 0.25) is 5.02 Å². The maximum absolute atomic E-state index is 12.2. The average Bonchev–Trinajstić information content (AvgIpc) is 2.80. The molecule has 0 fully saturated rings. The van der Waals surface area contributed by atoms with Gasteiger partial charge in [0.15, 0.2) is 5.76 Å². The summed E-state index contributed by atoms with van der Waals surface area (Å²) in [5.74, 6) is 0.509. The summed E-state index contributed by atoms with van der Waals surface area (Å²) in [6.45, 7) is 0.318. The molecule has 0 amide bonds. The number of hydrogen-bond donors (Lipinski definition) is 1. The number of carbonyl (C=O) groups is 1. The van der Waals surface area contributed by atoms with Crippen molar-refractivity contribution in [3.05, 3.63) is 52.4 Å². The molecular weight excluding hydrogens is 254 g/mol. The van der Waals surface area contributed by atoms with Crippen molar-refractivity contribution in [2.75, 3.05) is 12.8 Å². The van der Waals surface area contributed by atoms with E-state index in [9.17, 15) is 4.79 Å². The lowest BCUT2D eigenvalue weighted by molar-refractivity contribution is 0.100. The van der Waals surface area contributed by atoms with Crippen molar-refractivity contribution < 1.29 is 13.9 Å². The Balaban J connectivity index is 2.32. The fourth-order valence-electron chi connectivity index (χ4n) is 1.58. The highest BCUT2D eigenvalue weighted by molar-refractivity contribution is 6.31. The molecule has 2 rings (SSSR count). The second-order valence-electron chi connectivity index (χ2n) is 3.76. The van der Waals surface area contributed by atoms with Crippen LogP contribution in [-0.4, -0.2) is 12.9 Å². The molecule has 0 saturated carbocycles. The third-order valence-corrected chi connectivity index (χ3v) is 2.67. The van der Waals surface area contributed by atoms with Crippen LogP contribution in [0.4, 0.5) is 5.69 Å². The predicted molar refractivity (Wildman–Crippen MR) is 68.7 cm³/mol. The van der Waals surface area contributed by atoms with Gasteiger partial charge in [-0.25, -0.2) is 0 Å².